The maximum Gasteiger partial charge on any atom is 0.270 e. The Hall–Kier alpha value is -2.63. The first-order chi connectivity index (χ1) is 12.3. The number of likely N-dealkylation sites (tertiary alicyclic amines) is 1. The van der Waals surface area contributed by atoms with E-state index in [2.05, 4.69) is 18.8 Å². The van der Waals surface area contributed by atoms with Gasteiger partial charge in [0.05, 0.1) is 5.39 Å². The number of hydrogen-bond acceptors (Lipinski definition) is 3. The highest BCUT2D eigenvalue weighted by molar-refractivity contribution is 5.98. The lowest BCUT2D eigenvalue weighted by Gasteiger charge is -2.35. The predicted molar refractivity (Wildman–Crippen MR) is 102 cm³/mol. The van der Waals surface area contributed by atoms with Gasteiger partial charge in [-0.05, 0) is 42.9 Å². The van der Waals surface area contributed by atoms with Crippen molar-refractivity contribution in [1.29, 1.82) is 0 Å². The van der Waals surface area contributed by atoms with E-state index < -0.39 is 0 Å². The van der Waals surface area contributed by atoms with Crippen molar-refractivity contribution in [3.63, 3.8) is 0 Å². The van der Waals surface area contributed by atoms with Crippen molar-refractivity contribution in [2.45, 2.75) is 27.2 Å². The molecule has 1 amide bonds. The van der Waals surface area contributed by atoms with Crippen LogP contribution in [0.2, 0.25) is 0 Å². The second-order valence-corrected chi connectivity index (χ2v) is 7.83. The monoisotopic (exact) mass is 352 g/mol. The molecular formula is C20H24N4O2. The highest BCUT2D eigenvalue weighted by Crippen LogP contribution is 2.24. The Labute approximate surface area is 152 Å². The highest BCUT2D eigenvalue weighted by Gasteiger charge is 2.28. The van der Waals surface area contributed by atoms with E-state index in [-0.39, 0.29) is 11.5 Å². The van der Waals surface area contributed by atoms with E-state index in [9.17, 15) is 9.59 Å². The van der Waals surface area contributed by atoms with Crippen molar-refractivity contribution in [3.05, 3.63) is 46.0 Å². The summed E-state index contributed by atoms with van der Waals surface area (Å²) in [5.41, 5.74) is 2.53. The van der Waals surface area contributed by atoms with Gasteiger partial charge in [-0.15, -0.1) is 0 Å². The average molecular weight is 352 g/mol. The van der Waals surface area contributed by atoms with E-state index >= 15 is 0 Å². The summed E-state index contributed by atoms with van der Waals surface area (Å²) in [4.78, 5) is 32.5. The lowest BCUT2D eigenvalue weighted by atomic mass is 9.92. The molecule has 136 valence electrons. The molecule has 2 atom stereocenters. The van der Waals surface area contributed by atoms with Crippen molar-refractivity contribution in [3.8, 4) is 0 Å². The first kappa shape index (κ1) is 16.8. The van der Waals surface area contributed by atoms with Gasteiger partial charge in [0.1, 0.15) is 17.0 Å². The number of pyridine rings is 1. The fourth-order valence-electron chi connectivity index (χ4n) is 4.17. The Kier molecular flexibility index (Phi) is 3.86. The lowest BCUT2D eigenvalue weighted by molar-refractivity contribution is 0.0614. The van der Waals surface area contributed by atoms with E-state index in [1.165, 1.54) is 0 Å². The molecule has 1 aliphatic heterocycles. The fourth-order valence-corrected chi connectivity index (χ4v) is 4.17. The number of fused-ring (bicyclic) bond motifs is 2. The second-order valence-electron chi connectivity index (χ2n) is 7.83. The van der Waals surface area contributed by atoms with Crippen LogP contribution in [0.3, 0.4) is 0 Å². The Morgan fingerprint density at radius 2 is 1.88 bits per heavy atom. The van der Waals surface area contributed by atoms with Crippen LogP contribution in [-0.4, -0.2) is 37.8 Å². The molecule has 4 rings (SSSR count). The molecule has 6 nitrogen and oxygen atoms in total. The summed E-state index contributed by atoms with van der Waals surface area (Å²) in [6, 6.07) is 5.46. The number of carbonyl (C=O) groups excluding carboxylic acids is 1. The van der Waals surface area contributed by atoms with E-state index in [0.717, 1.165) is 25.1 Å². The van der Waals surface area contributed by atoms with Crippen LogP contribution in [0.25, 0.3) is 16.7 Å². The zero-order valence-corrected chi connectivity index (χ0v) is 15.7. The van der Waals surface area contributed by atoms with Gasteiger partial charge in [-0.3, -0.25) is 14.0 Å². The third-order valence-corrected chi connectivity index (χ3v) is 5.32. The molecule has 1 fully saturated rings. The Balaban J connectivity index is 1.85. The zero-order valence-electron chi connectivity index (χ0n) is 15.7. The number of rotatable bonds is 1. The number of hydrogen-bond donors (Lipinski definition) is 0. The van der Waals surface area contributed by atoms with Crippen LogP contribution in [0.5, 0.6) is 0 Å². The number of amides is 1. The molecule has 3 aromatic heterocycles. The number of aryl methyl sites for hydroxylation is 2. The quantitative estimate of drug-likeness (QED) is 0.676. The van der Waals surface area contributed by atoms with E-state index in [1.807, 2.05) is 31.0 Å². The first-order valence-electron chi connectivity index (χ1n) is 9.13. The third kappa shape index (κ3) is 2.60. The maximum atomic E-state index is 13.1. The molecule has 6 heteroatoms. The standard InChI is InChI=1S/C20H24N4O2/c1-12-5-6-17-21-18-15(19(25)24(17)11-12)8-16(22(18)4)20(26)23-9-13(2)7-14(3)10-23/h5-6,8,11,13-14H,7,9-10H2,1-4H3/t13-,14+. The molecule has 4 heterocycles. The van der Waals surface area contributed by atoms with Crippen LogP contribution in [0.15, 0.2) is 29.2 Å². The third-order valence-electron chi connectivity index (χ3n) is 5.32. The number of nitrogens with zero attached hydrogens (tertiary/aromatic N) is 4. The van der Waals surface area contributed by atoms with Gasteiger partial charge in [0, 0.05) is 26.3 Å². The van der Waals surface area contributed by atoms with Crippen molar-refractivity contribution in [2.75, 3.05) is 13.1 Å². The molecule has 0 spiro atoms. The van der Waals surface area contributed by atoms with Crippen LogP contribution in [0.4, 0.5) is 0 Å². The van der Waals surface area contributed by atoms with Gasteiger partial charge in [0.25, 0.3) is 11.5 Å². The van der Waals surface area contributed by atoms with Crippen LogP contribution < -0.4 is 5.56 Å². The summed E-state index contributed by atoms with van der Waals surface area (Å²) >= 11 is 0. The molecule has 1 saturated heterocycles. The molecule has 0 bridgehead atoms. The Morgan fingerprint density at radius 3 is 2.58 bits per heavy atom. The molecule has 0 N–H and O–H groups in total. The summed E-state index contributed by atoms with van der Waals surface area (Å²) < 4.78 is 3.31. The molecule has 0 aromatic carbocycles. The van der Waals surface area contributed by atoms with Gasteiger partial charge in [-0.2, -0.15) is 0 Å². The van der Waals surface area contributed by atoms with Gasteiger partial charge >= 0.3 is 0 Å². The highest BCUT2D eigenvalue weighted by atomic mass is 16.2. The van der Waals surface area contributed by atoms with Crippen LogP contribution in [-0.2, 0) is 7.05 Å². The molecular weight excluding hydrogens is 328 g/mol. The van der Waals surface area contributed by atoms with E-state index in [1.54, 1.807) is 21.2 Å². The molecule has 0 aliphatic carbocycles. The number of carbonyl (C=O) groups is 1. The van der Waals surface area contributed by atoms with Crippen LogP contribution in [0.1, 0.15) is 36.3 Å². The van der Waals surface area contributed by atoms with Crippen molar-refractivity contribution >= 4 is 22.6 Å². The van der Waals surface area contributed by atoms with E-state index in [4.69, 9.17) is 0 Å². The van der Waals surface area contributed by atoms with E-state index in [0.29, 0.717) is 34.2 Å². The second kappa shape index (κ2) is 5.97. The summed E-state index contributed by atoms with van der Waals surface area (Å²) in [6.07, 6.45) is 2.93. The number of aromatic nitrogens is 3. The SMILES string of the molecule is Cc1ccc2nc3c(cc(C(=O)N4C[C@H](C)C[C@H](C)C4)n3C)c(=O)n2c1. The molecule has 0 saturated carbocycles. The minimum Gasteiger partial charge on any atom is -0.337 e. The zero-order chi connectivity index (χ0) is 18.6. The maximum absolute atomic E-state index is 13.1. The topological polar surface area (TPSA) is 59.6 Å². The molecule has 26 heavy (non-hydrogen) atoms. The molecule has 0 unspecified atom stereocenters. The Bertz CT molecular complexity index is 1070. The van der Waals surface area contributed by atoms with Gasteiger partial charge < -0.3 is 9.47 Å². The van der Waals surface area contributed by atoms with Gasteiger partial charge in [-0.1, -0.05) is 19.9 Å². The summed E-state index contributed by atoms with van der Waals surface area (Å²) in [5.74, 6) is 0.965. The minimum atomic E-state index is -0.135. The fraction of sp³-hybridized carbons (Fsp3) is 0.450. The largest absolute Gasteiger partial charge is 0.337 e. The normalized spacial score (nSPS) is 20.8. The summed E-state index contributed by atoms with van der Waals surface area (Å²) in [6.45, 7) is 7.83. The first-order valence-corrected chi connectivity index (χ1v) is 9.13. The van der Waals surface area contributed by atoms with Crippen molar-refractivity contribution < 1.29 is 4.79 Å². The van der Waals surface area contributed by atoms with Crippen LogP contribution >= 0.6 is 0 Å². The van der Waals surface area contributed by atoms with Gasteiger partial charge in [0.15, 0.2) is 0 Å². The predicted octanol–water partition coefficient (Wildman–Crippen LogP) is 2.61. The van der Waals surface area contributed by atoms with Crippen LogP contribution in [0, 0.1) is 18.8 Å². The van der Waals surface area contributed by atoms with Gasteiger partial charge in [-0.25, -0.2) is 4.98 Å². The lowest BCUT2D eigenvalue weighted by Crippen LogP contribution is -2.43. The smallest absolute Gasteiger partial charge is 0.270 e. The molecule has 3 aromatic rings. The number of piperidine rings is 1. The molecule has 0 radical (unpaired) electrons. The van der Waals surface area contributed by atoms with Gasteiger partial charge in [0.2, 0.25) is 0 Å². The van der Waals surface area contributed by atoms with Crippen molar-refractivity contribution in [2.24, 2.45) is 18.9 Å². The molecule has 1 aliphatic rings. The average Bonchev–Trinajstić information content (AvgIpc) is 2.91. The minimum absolute atomic E-state index is 0.0199. The Morgan fingerprint density at radius 1 is 1.19 bits per heavy atom. The summed E-state index contributed by atoms with van der Waals surface area (Å²) in [7, 11) is 1.81. The van der Waals surface area contributed by atoms with Crippen molar-refractivity contribution in [1.82, 2.24) is 18.9 Å². The summed E-state index contributed by atoms with van der Waals surface area (Å²) in [5, 5.41) is 0.483.